The predicted octanol–water partition coefficient (Wildman–Crippen LogP) is 4.76. The van der Waals surface area contributed by atoms with Crippen LogP contribution in [0.3, 0.4) is 0 Å². The molecule has 2 nitrogen and oxygen atoms in total. The molecule has 0 aromatic heterocycles. The van der Waals surface area contributed by atoms with Crippen LogP contribution in [0.2, 0.25) is 0 Å². The van der Waals surface area contributed by atoms with Crippen LogP contribution in [-0.2, 0) is 0 Å². The number of carbonyl (C=O) groups is 1. The third-order valence-corrected chi connectivity index (χ3v) is 2.95. The maximum absolute atomic E-state index is 11.7. The van der Waals surface area contributed by atoms with Crippen molar-refractivity contribution in [2.24, 2.45) is 0 Å². The number of rotatable bonds is 2. The van der Waals surface area contributed by atoms with E-state index in [1.807, 2.05) is 62.4 Å². The van der Waals surface area contributed by atoms with Crippen molar-refractivity contribution in [3.05, 3.63) is 59.7 Å². The Labute approximate surface area is 113 Å². The molecule has 2 rings (SSSR count). The molecule has 2 aromatic rings. The van der Waals surface area contributed by atoms with Gasteiger partial charge in [0, 0.05) is 0 Å². The first-order valence-electron chi connectivity index (χ1n) is 5.72. The van der Waals surface area contributed by atoms with E-state index in [0.717, 1.165) is 22.5 Å². The second kappa shape index (κ2) is 5.19. The zero-order chi connectivity index (χ0) is 13.1. The van der Waals surface area contributed by atoms with E-state index in [2.05, 4.69) is 0 Å². The smallest absolute Gasteiger partial charge is 0.268 e. The van der Waals surface area contributed by atoms with Crippen LogP contribution >= 0.6 is 12.6 Å². The van der Waals surface area contributed by atoms with Crippen LogP contribution in [0.4, 0.5) is 16.2 Å². The molecular weight excluding hydrogens is 242 g/mol. The zero-order valence-corrected chi connectivity index (χ0v) is 11.2. The third kappa shape index (κ3) is 2.68. The van der Waals surface area contributed by atoms with E-state index in [9.17, 15) is 4.79 Å². The van der Waals surface area contributed by atoms with Gasteiger partial charge in [0.25, 0.3) is 0 Å². The van der Waals surface area contributed by atoms with Crippen LogP contribution in [0.15, 0.2) is 48.5 Å². The molecule has 0 spiro atoms. The molecule has 0 atom stereocenters. The molecule has 0 aliphatic heterocycles. The topological polar surface area (TPSA) is 20.3 Å². The van der Waals surface area contributed by atoms with E-state index >= 15 is 0 Å². The van der Waals surface area contributed by atoms with Gasteiger partial charge in [-0.15, -0.1) is 0 Å². The summed E-state index contributed by atoms with van der Waals surface area (Å²) in [6.07, 6.45) is 0. The van der Waals surface area contributed by atoms with Crippen LogP contribution in [0.1, 0.15) is 11.1 Å². The summed E-state index contributed by atoms with van der Waals surface area (Å²) in [5, 5.41) is -0.400. The van der Waals surface area contributed by atoms with Crippen LogP contribution in [0, 0.1) is 13.8 Å². The largest absolute Gasteiger partial charge is 0.322 e. The Hall–Kier alpha value is -1.87. The van der Waals surface area contributed by atoms with Crippen molar-refractivity contribution in [1.82, 2.24) is 0 Å². The number of nitrogens with zero attached hydrogens (tertiary/aromatic N) is 1. The van der Waals surface area contributed by atoms with Crippen molar-refractivity contribution < 1.29 is 4.79 Å². The van der Waals surface area contributed by atoms with Crippen molar-refractivity contribution >= 4 is 29.2 Å². The molecule has 0 unspecified atom stereocenters. The Morgan fingerprint density at radius 1 is 0.833 bits per heavy atom. The Balaban J connectivity index is 2.43. The van der Waals surface area contributed by atoms with E-state index < -0.39 is 5.24 Å². The summed E-state index contributed by atoms with van der Waals surface area (Å²) in [4.78, 5) is 13.2. The summed E-state index contributed by atoms with van der Waals surface area (Å²) in [6, 6.07) is 15.5. The highest BCUT2D eigenvalue weighted by atomic mass is 32.1. The molecule has 1 amide bonds. The number of benzene rings is 2. The van der Waals surface area contributed by atoms with Gasteiger partial charge in [0.05, 0.1) is 11.4 Å². The highest BCUT2D eigenvalue weighted by Gasteiger charge is 2.15. The van der Waals surface area contributed by atoms with Crippen molar-refractivity contribution in [1.29, 1.82) is 0 Å². The van der Waals surface area contributed by atoms with E-state index in [0.29, 0.717) is 0 Å². The van der Waals surface area contributed by atoms with Gasteiger partial charge in [-0.3, -0.25) is 9.69 Å². The Bertz CT molecular complexity index is 500. The second-order valence-electron chi connectivity index (χ2n) is 4.27. The van der Waals surface area contributed by atoms with Gasteiger partial charge in [0.15, 0.2) is 0 Å². The van der Waals surface area contributed by atoms with Gasteiger partial charge in [-0.1, -0.05) is 35.4 Å². The number of hydrogen-bond acceptors (Lipinski definition) is 1. The van der Waals surface area contributed by atoms with Gasteiger partial charge in [-0.05, 0) is 50.7 Å². The average Bonchev–Trinajstić information content (AvgIpc) is 2.34. The maximum Gasteiger partial charge on any atom is 0.322 e. The molecule has 0 heterocycles. The van der Waals surface area contributed by atoms with E-state index in [1.54, 1.807) is 0 Å². The molecule has 0 saturated carbocycles. The fourth-order valence-electron chi connectivity index (χ4n) is 1.75. The van der Waals surface area contributed by atoms with Gasteiger partial charge >= 0.3 is 5.24 Å². The number of hydrogen-bond donors (Lipinski definition) is 0. The van der Waals surface area contributed by atoms with Crippen molar-refractivity contribution in [3.63, 3.8) is 0 Å². The summed E-state index contributed by atoms with van der Waals surface area (Å²) in [5.41, 5.74) is 3.90. The lowest BCUT2D eigenvalue weighted by Gasteiger charge is -2.20. The summed E-state index contributed by atoms with van der Waals surface area (Å²) in [6.45, 7) is 4.02. The molecule has 3 heteroatoms. The van der Waals surface area contributed by atoms with E-state index in [-0.39, 0.29) is 0 Å². The van der Waals surface area contributed by atoms with E-state index in [1.165, 1.54) is 4.90 Å². The maximum atomic E-state index is 11.7. The molecule has 1 radical (unpaired) electrons. The normalized spacial score (nSPS) is 10.1. The number of anilines is 2. The molecule has 0 aliphatic rings. The second-order valence-corrected chi connectivity index (χ2v) is 4.62. The summed E-state index contributed by atoms with van der Waals surface area (Å²) in [7, 11) is 0. The Morgan fingerprint density at radius 3 is 1.44 bits per heavy atom. The molecule has 0 N–H and O–H groups in total. The molecule has 91 valence electrons. The zero-order valence-electron chi connectivity index (χ0n) is 10.4. The molecule has 2 aromatic carbocycles. The molecule has 0 saturated heterocycles. The first kappa shape index (κ1) is 12.6. The highest BCUT2D eigenvalue weighted by Crippen LogP contribution is 2.27. The predicted molar refractivity (Wildman–Crippen MR) is 77.5 cm³/mol. The molecule has 0 fully saturated rings. The first-order chi connectivity index (χ1) is 8.58. The average molecular weight is 256 g/mol. The van der Waals surface area contributed by atoms with Gasteiger partial charge in [-0.25, -0.2) is 0 Å². The van der Waals surface area contributed by atoms with E-state index in [4.69, 9.17) is 12.6 Å². The van der Waals surface area contributed by atoms with Crippen LogP contribution < -0.4 is 4.90 Å². The summed E-state index contributed by atoms with van der Waals surface area (Å²) in [5.74, 6) is 0. The monoisotopic (exact) mass is 256 g/mol. The van der Waals surface area contributed by atoms with Crippen LogP contribution in [0.5, 0.6) is 0 Å². The van der Waals surface area contributed by atoms with Gasteiger partial charge in [0.1, 0.15) is 0 Å². The standard InChI is InChI=1S/C15H14NOS/c1-11-3-7-13(8-4-11)16(15(17)18)14-9-5-12(2)6-10-14/h3-10H,1-2H3. The summed E-state index contributed by atoms with van der Waals surface area (Å²) < 4.78 is 0. The number of carbonyl (C=O) groups excluding carboxylic acids is 1. The third-order valence-electron chi connectivity index (χ3n) is 2.77. The van der Waals surface area contributed by atoms with Crippen molar-refractivity contribution in [2.75, 3.05) is 4.90 Å². The molecular formula is C15H14NOS. The quantitative estimate of drug-likeness (QED) is 0.758. The SMILES string of the molecule is Cc1ccc(N(C(=O)[S])c2ccc(C)cc2)cc1. The van der Waals surface area contributed by atoms with Gasteiger partial charge in [0.2, 0.25) is 0 Å². The molecule has 0 aliphatic carbocycles. The van der Waals surface area contributed by atoms with Crippen LogP contribution in [-0.4, -0.2) is 5.24 Å². The fourth-order valence-corrected chi connectivity index (χ4v) is 1.96. The minimum atomic E-state index is -0.400. The molecule has 0 bridgehead atoms. The number of amides is 1. The fraction of sp³-hybridized carbons (Fsp3) is 0.133. The first-order valence-corrected chi connectivity index (χ1v) is 6.13. The van der Waals surface area contributed by atoms with Gasteiger partial charge in [-0.2, -0.15) is 0 Å². The lowest BCUT2D eigenvalue weighted by Crippen LogP contribution is -2.19. The lowest BCUT2D eigenvalue weighted by molar-refractivity contribution is 0.267. The lowest BCUT2D eigenvalue weighted by atomic mass is 10.2. The highest BCUT2D eigenvalue weighted by molar-refractivity contribution is 7.97. The molecule has 18 heavy (non-hydrogen) atoms. The van der Waals surface area contributed by atoms with Crippen molar-refractivity contribution in [2.45, 2.75) is 13.8 Å². The Kier molecular flexibility index (Phi) is 3.63. The van der Waals surface area contributed by atoms with Crippen molar-refractivity contribution in [3.8, 4) is 0 Å². The minimum Gasteiger partial charge on any atom is -0.268 e. The Morgan fingerprint density at radius 2 is 1.17 bits per heavy atom. The minimum absolute atomic E-state index is 0.400. The van der Waals surface area contributed by atoms with Gasteiger partial charge < -0.3 is 0 Å². The van der Waals surface area contributed by atoms with Crippen LogP contribution in [0.25, 0.3) is 0 Å². The number of aryl methyl sites for hydroxylation is 2. The summed E-state index contributed by atoms with van der Waals surface area (Å²) >= 11 is 4.82.